The van der Waals surface area contributed by atoms with E-state index in [1.165, 1.54) is 20.3 Å². The van der Waals surface area contributed by atoms with Crippen molar-refractivity contribution in [3.8, 4) is 0 Å². The predicted molar refractivity (Wildman–Crippen MR) is 128 cm³/mol. The zero-order valence-corrected chi connectivity index (χ0v) is 21.7. The molecule has 6 nitrogen and oxygen atoms in total. The van der Waals surface area contributed by atoms with E-state index in [0.717, 1.165) is 51.4 Å². The number of carboxylic acids is 1. The van der Waals surface area contributed by atoms with E-state index in [1.807, 2.05) is 0 Å². The van der Waals surface area contributed by atoms with Crippen molar-refractivity contribution in [2.24, 2.45) is 46.3 Å². The summed E-state index contributed by atoms with van der Waals surface area (Å²) in [5.41, 5.74) is 0.363. The van der Waals surface area contributed by atoms with Gasteiger partial charge in [-0.3, -0.25) is 14.4 Å². The van der Waals surface area contributed by atoms with E-state index in [4.69, 9.17) is 9.47 Å². The van der Waals surface area contributed by atoms with Crippen molar-refractivity contribution in [3.05, 3.63) is 0 Å². The highest BCUT2D eigenvalue weighted by molar-refractivity contribution is 5.67. The monoisotopic (exact) mass is 476 g/mol. The summed E-state index contributed by atoms with van der Waals surface area (Å²) in [7, 11) is 0. The van der Waals surface area contributed by atoms with Crippen LogP contribution in [0.4, 0.5) is 0 Å². The molecule has 1 N–H and O–H groups in total. The van der Waals surface area contributed by atoms with Gasteiger partial charge in [0, 0.05) is 26.2 Å². The smallest absolute Gasteiger partial charge is 0.303 e. The van der Waals surface area contributed by atoms with Gasteiger partial charge in [0.15, 0.2) is 0 Å². The zero-order valence-electron chi connectivity index (χ0n) is 21.7. The van der Waals surface area contributed by atoms with Gasteiger partial charge in [-0.05, 0) is 98.2 Å². The fourth-order valence-electron chi connectivity index (χ4n) is 9.36. The molecule has 0 saturated heterocycles. The van der Waals surface area contributed by atoms with E-state index in [1.54, 1.807) is 0 Å². The largest absolute Gasteiger partial charge is 0.481 e. The first-order valence-corrected chi connectivity index (χ1v) is 13.5. The maximum absolute atomic E-state index is 12.2. The van der Waals surface area contributed by atoms with Crippen LogP contribution in [0, 0.1) is 46.3 Å². The Hall–Kier alpha value is -1.59. The highest BCUT2D eigenvalue weighted by Gasteiger charge is 2.63. The number of ether oxygens (including phenoxy) is 2. The van der Waals surface area contributed by atoms with Crippen molar-refractivity contribution >= 4 is 17.9 Å². The van der Waals surface area contributed by atoms with E-state index >= 15 is 0 Å². The molecule has 192 valence electrons. The molecule has 4 aliphatic rings. The Morgan fingerprint density at radius 1 is 0.912 bits per heavy atom. The van der Waals surface area contributed by atoms with E-state index in [-0.39, 0.29) is 41.4 Å². The zero-order chi connectivity index (χ0) is 24.8. The van der Waals surface area contributed by atoms with Crippen LogP contribution >= 0.6 is 0 Å². The van der Waals surface area contributed by atoms with Crippen molar-refractivity contribution in [3.63, 3.8) is 0 Å². The molecule has 0 radical (unpaired) electrons. The van der Waals surface area contributed by atoms with Gasteiger partial charge in [0.05, 0.1) is 0 Å². The van der Waals surface area contributed by atoms with E-state index < -0.39 is 5.97 Å². The first kappa shape index (κ1) is 25.5. The lowest BCUT2D eigenvalue weighted by Crippen LogP contribution is -2.59. The lowest BCUT2D eigenvalue weighted by molar-refractivity contribution is -0.197. The number of hydrogen-bond acceptors (Lipinski definition) is 5. The van der Waals surface area contributed by atoms with Gasteiger partial charge in [-0.15, -0.1) is 0 Å². The molecule has 4 saturated carbocycles. The fraction of sp³-hybridized carbons (Fsp3) is 0.893. The first-order chi connectivity index (χ1) is 16.0. The van der Waals surface area contributed by atoms with E-state index in [2.05, 4.69) is 20.8 Å². The number of fused-ring (bicyclic) bond motifs is 5. The highest BCUT2D eigenvalue weighted by atomic mass is 16.5. The first-order valence-electron chi connectivity index (χ1n) is 13.5. The maximum Gasteiger partial charge on any atom is 0.303 e. The van der Waals surface area contributed by atoms with Gasteiger partial charge in [0.2, 0.25) is 0 Å². The van der Waals surface area contributed by atoms with Crippen LogP contribution in [0.15, 0.2) is 0 Å². The summed E-state index contributed by atoms with van der Waals surface area (Å²) in [6.07, 6.45) is 9.20. The Labute approximate surface area is 204 Å². The number of esters is 2. The predicted octanol–water partition coefficient (Wildman–Crippen LogP) is 5.62. The van der Waals surface area contributed by atoms with Crippen LogP contribution in [0.25, 0.3) is 0 Å². The number of aliphatic carboxylic acids is 1. The normalized spacial score (nSPS) is 44.2. The summed E-state index contributed by atoms with van der Waals surface area (Å²) in [6.45, 7) is 10.2. The van der Waals surface area contributed by atoms with Crippen molar-refractivity contribution in [2.45, 2.75) is 111 Å². The molecule has 10 atom stereocenters. The van der Waals surface area contributed by atoms with Crippen LogP contribution < -0.4 is 0 Å². The topological polar surface area (TPSA) is 89.9 Å². The fourth-order valence-corrected chi connectivity index (χ4v) is 9.36. The van der Waals surface area contributed by atoms with Gasteiger partial charge in [0.25, 0.3) is 0 Å². The maximum atomic E-state index is 12.2. The summed E-state index contributed by atoms with van der Waals surface area (Å²) >= 11 is 0. The number of carbonyl (C=O) groups is 3. The van der Waals surface area contributed by atoms with Crippen LogP contribution in [0.5, 0.6) is 0 Å². The molecule has 0 aromatic carbocycles. The minimum Gasteiger partial charge on any atom is -0.481 e. The van der Waals surface area contributed by atoms with E-state index in [9.17, 15) is 19.5 Å². The minimum absolute atomic E-state index is 0.0232. The molecule has 4 aliphatic carbocycles. The summed E-state index contributed by atoms with van der Waals surface area (Å²) in [5, 5.41) is 9.20. The Morgan fingerprint density at radius 3 is 2.21 bits per heavy atom. The van der Waals surface area contributed by atoms with Gasteiger partial charge in [-0.25, -0.2) is 0 Å². The lowest BCUT2D eigenvalue weighted by Gasteiger charge is -2.62. The van der Waals surface area contributed by atoms with Gasteiger partial charge >= 0.3 is 17.9 Å². The van der Waals surface area contributed by atoms with Gasteiger partial charge in [-0.1, -0.05) is 20.8 Å². The quantitative estimate of drug-likeness (QED) is 0.501. The Morgan fingerprint density at radius 2 is 1.56 bits per heavy atom. The van der Waals surface area contributed by atoms with Crippen LogP contribution in [-0.4, -0.2) is 35.2 Å². The SMILES string of the molecule is CC(=O)O[C@H]1CC[C@@]2(C)[C@H](C1)C[C@H](OC(C)=O)[C@@H]1[C@@H]2CC[C@]2(C)[C@@H]([C@@H](C)CCC(=O)O)CC[C@@H]12. The number of hydrogen-bond donors (Lipinski definition) is 1. The second-order valence-corrected chi connectivity index (χ2v) is 12.5. The average Bonchev–Trinajstić information content (AvgIpc) is 3.09. The molecule has 4 fully saturated rings. The van der Waals surface area contributed by atoms with Crippen LogP contribution in [-0.2, 0) is 23.9 Å². The molecule has 0 spiro atoms. The third-order valence-corrected chi connectivity index (χ3v) is 10.8. The van der Waals surface area contributed by atoms with Crippen LogP contribution in [0.3, 0.4) is 0 Å². The summed E-state index contributed by atoms with van der Waals surface area (Å²) in [5.74, 6) is 1.59. The number of carbonyl (C=O) groups excluding carboxylic acids is 2. The summed E-state index contributed by atoms with van der Waals surface area (Å²) in [6, 6.07) is 0. The van der Waals surface area contributed by atoms with E-state index in [0.29, 0.717) is 35.5 Å². The second kappa shape index (κ2) is 9.46. The molecule has 6 heteroatoms. The third-order valence-electron chi connectivity index (χ3n) is 10.8. The minimum atomic E-state index is -0.708. The van der Waals surface area contributed by atoms with Crippen LogP contribution in [0.2, 0.25) is 0 Å². The Bertz CT molecular complexity index is 809. The van der Waals surface area contributed by atoms with Gasteiger partial charge in [-0.2, -0.15) is 0 Å². The lowest BCUT2D eigenvalue weighted by atomic mass is 9.43. The highest BCUT2D eigenvalue weighted by Crippen LogP contribution is 2.68. The van der Waals surface area contributed by atoms with Crippen molar-refractivity contribution in [1.29, 1.82) is 0 Å². The molecule has 0 heterocycles. The van der Waals surface area contributed by atoms with Crippen molar-refractivity contribution in [2.75, 3.05) is 0 Å². The molecule has 0 unspecified atom stereocenters. The molecular weight excluding hydrogens is 432 g/mol. The number of carboxylic acid groups (broad SMARTS) is 1. The standard InChI is InChI=1S/C28H44O6/c1-16(6-9-25(31)32)21-7-8-22-26-23(11-13-28(21,22)5)27(4)12-10-20(33-17(2)29)14-19(27)15-24(26)34-18(3)30/h16,19-24,26H,6-15H2,1-5H3,(H,31,32)/t16-,19+,20-,21+,22-,23-,24-,26-,27-,28+/m0/s1. The molecule has 0 aliphatic heterocycles. The molecule has 34 heavy (non-hydrogen) atoms. The molecule has 0 aromatic heterocycles. The van der Waals surface area contributed by atoms with Crippen LogP contribution in [0.1, 0.15) is 98.8 Å². The van der Waals surface area contributed by atoms with Crippen molar-refractivity contribution in [1.82, 2.24) is 0 Å². The molecule has 0 aromatic rings. The van der Waals surface area contributed by atoms with Gasteiger partial charge < -0.3 is 14.6 Å². The van der Waals surface area contributed by atoms with Crippen molar-refractivity contribution < 1.29 is 29.0 Å². The molecule has 0 bridgehead atoms. The summed E-state index contributed by atoms with van der Waals surface area (Å²) in [4.78, 5) is 35.0. The average molecular weight is 477 g/mol. The number of rotatable bonds is 6. The Balaban J connectivity index is 1.59. The molecular formula is C28H44O6. The Kier molecular flexibility index (Phi) is 7.10. The molecule has 0 amide bonds. The molecule has 4 rings (SSSR count). The van der Waals surface area contributed by atoms with Gasteiger partial charge in [0.1, 0.15) is 12.2 Å². The second-order valence-electron chi connectivity index (χ2n) is 12.5. The summed E-state index contributed by atoms with van der Waals surface area (Å²) < 4.78 is 11.7. The third kappa shape index (κ3) is 4.51.